The molecule has 0 bridgehead atoms. The largest absolute Gasteiger partial charge is 0.489 e. The predicted octanol–water partition coefficient (Wildman–Crippen LogP) is 3.63. The van der Waals surface area contributed by atoms with Gasteiger partial charge in [0.05, 0.1) is 16.7 Å². The van der Waals surface area contributed by atoms with Crippen LogP contribution in [0.25, 0.3) is 0 Å². The van der Waals surface area contributed by atoms with E-state index in [4.69, 9.17) is 21.6 Å². The molecule has 0 heterocycles. The smallest absolute Gasteiger partial charge is 0.140 e. The zero-order valence-electron chi connectivity index (χ0n) is 11.0. The van der Waals surface area contributed by atoms with Crippen LogP contribution in [0.4, 0.5) is 0 Å². The normalized spacial score (nSPS) is 11.7. The van der Waals surface area contributed by atoms with Crippen molar-refractivity contribution in [3.63, 3.8) is 0 Å². The van der Waals surface area contributed by atoms with Crippen LogP contribution in [0.5, 0.6) is 5.75 Å². The lowest BCUT2D eigenvalue weighted by Crippen LogP contribution is -2.10. The average molecular weight is 288 g/mol. The van der Waals surface area contributed by atoms with E-state index in [1.807, 2.05) is 25.1 Å². The fraction of sp³-hybridized carbons (Fsp3) is 0.188. The van der Waals surface area contributed by atoms with Crippen LogP contribution >= 0.6 is 11.6 Å². The minimum absolute atomic E-state index is 0.108. The van der Waals surface area contributed by atoms with Crippen molar-refractivity contribution >= 4 is 11.6 Å². The summed E-state index contributed by atoms with van der Waals surface area (Å²) >= 11 is 6.06. The molecule has 20 heavy (non-hydrogen) atoms. The second-order valence-corrected chi connectivity index (χ2v) is 4.85. The predicted molar refractivity (Wildman–Crippen MR) is 77.8 cm³/mol. The zero-order chi connectivity index (χ0) is 14.5. The number of rotatable bonds is 4. The van der Waals surface area contributed by atoms with Gasteiger partial charge in [0.25, 0.3) is 0 Å². The Balaban J connectivity index is 2.05. The summed E-state index contributed by atoms with van der Waals surface area (Å²) in [5, 5.41) is 19.3. The van der Waals surface area contributed by atoms with Gasteiger partial charge >= 0.3 is 0 Å². The van der Waals surface area contributed by atoms with Crippen molar-refractivity contribution in [3.05, 3.63) is 64.2 Å². The molecular formula is C16H14ClNO2. The fourth-order valence-electron chi connectivity index (χ4n) is 1.84. The summed E-state index contributed by atoms with van der Waals surface area (Å²) in [5.41, 5.74) is 2.18. The maximum Gasteiger partial charge on any atom is 0.140 e. The molecule has 2 aromatic rings. The van der Waals surface area contributed by atoms with Crippen LogP contribution in [0.3, 0.4) is 0 Å². The molecule has 1 unspecified atom stereocenters. The van der Waals surface area contributed by atoms with E-state index in [-0.39, 0.29) is 6.61 Å². The van der Waals surface area contributed by atoms with Gasteiger partial charge in [0.15, 0.2) is 0 Å². The highest BCUT2D eigenvalue weighted by molar-refractivity contribution is 6.32. The molecule has 4 heteroatoms. The lowest BCUT2D eigenvalue weighted by atomic mass is 10.1. The first-order valence-corrected chi connectivity index (χ1v) is 6.55. The lowest BCUT2D eigenvalue weighted by molar-refractivity contribution is 0.108. The van der Waals surface area contributed by atoms with Gasteiger partial charge in [-0.15, -0.1) is 0 Å². The van der Waals surface area contributed by atoms with Crippen molar-refractivity contribution in [2.45, 2.75) is 13.0 Å². The summed E-state index contributed by atoms with van der Waals surface area (Å²) in [4.78, 5) is 0. The molecule has 102 valence electrons. The Morgan fingerprint density at radius 1 is 1.25 bits per heavy atom. The number of para-hydroxylation sites is 1. The van der Waals surface area contributed by atoms with Gasteiger partial charge in [0, 0.05) is 0 Å². The number of nitriles is 1. The minimum atomic E-state index is -0.765. The van der Waals surface area contributed by atoms with E-state index in [9.17, 15) is 5.11 Å². The molecule has 0 aliphatic rings. The maximum atomic E-state index is 10.1. The first kappa shape index (κ1) is 14.4. The van der Waals surface area contributed by atoms with E-state index in [1.165, 1.54) is 0 Å². The van der Waals surface area contributed by atoms with E-state index >= 15 is 0 Å². The Labute approximate surface area is 123 Å². The van der Waals surface area contributed by atoms with Gasteiger partial charge in [-0.3, -0.25) is 0 Å². The monoisotopic (exact) mass is 287 g/mol. The van der Waals surface area contributed by atoms with E-state index in [1.54, 1.807) is 30.3 Å². The van der Waals surface area contributed by atoms with E-state index in [0.29, 0.717) is 21.9 Å². The average Bonchev–Trinajstić information content (AvgIpc) is 2.46. The third-order valence-electron chi connectivity index (χ3n) is 2.97. The van der Waals surface area contributed by atoms with Crippen molar-refractivity contribution in [1.29, 1.82) is 5.26 Å². The third-order valence-corrected chi connectivity index (χ3v) is 3.27. The summed E-state index contributed by atoms with van der Waals surface area (Å²) in [5.74, 6) is 0.585. The molecule has 0 spiro atoms. The van der Waals surface area contributed by atoms with E-state index in [2.05, 4.69) is 0 Å². The van der Waals surface area contributed by atoms with Crippen molar-refractivity contribution in [2.75, 3.05) is 6.61 Å². The standard InChI is InChI=1S/C16H14ClNO2/c1-11-3-2-4-14(17)16(11)20-10-15(19)13-7-5-12(9-18)6-8-13/h2-8,15,19H,10H2,1H3. The SMILES string of the molecule is Cc1cccc(Cl)c1OCC(O)c1ccc(C#N)cc1. The molecule has 0 fully saturated rings. The molecule has 0 radical (unpaired) electrons. The lowest BCUT2D eigenvalue weighted by Gasteiger charge is -2.15. The van der Waals surface area contributed by atoms with Crippen LogP contribution in [-0.4, -0.2) is 11.7 Å². The molecule has 0 aromatic heterocycles. The summed E-state index contributed by atoms with van der Waals surface area (Å²) in [7, 11) is 0. The minimum Gasteiger partial charge on any atom is -0.489 e. The number of halogens is 1. The summed E-state index contributed by atoms with van der Waals surface area (Å²) in [6.07, 6.45) is -0.765. The van der Waals surface area contributed by atoms with Crippen molar-refractivity contribution in [2.24, 2.45) is 0 Å². The van der Waals surface area contributed by atoms with Crippen LogP contribution in [-0.2, 0) is 0 Å². The number of hydrogen-bond acceptors (Lipinski definition) is 3. The van der Waals surface area contributed by atoms with Gasteiger partial charge in [0.1, 0.15) is 18.5 Å². The van der Waals surface area contributed by atoms with Crippen LogP contribution in [0.15, 0.2) is 42.5 Å². The number of benzene rings is 2. The fourth-order valence-corrected chi connectivity index (χ4v) is 2.11. The molecular weight excluding hydrogens is 274 g/mol. The Hall–Kier alpha value is -2.02. The van der Waals surface area contributed by atoms with E-state index in [0.717, 1.165) is 5.56 Å². The van der Waals surface area contributed by atoms with Crippen molar-refractivity contribution < 1.29 is 9.84 Å². The summed E-state index contributed by atoms with van der Waals surface area (Å²) in [6, 6.07) is 14.3. The first-order chi connectivity index (χ1) is 9.61. The molecule has 0 aliphatic carbocycles. The quantitative estimate of drug-likeness (QED) is 0.934. The van der Waals surface area contributed by atoms with Gasteiger partial charge in [-0.05, 0) is 36.2 Å². The third kappa shape index (κ3) is 3.30. The van der Waals surface area contributed by atoms with Gasteiger partial charge < -0.3 is 9.84 Å². The Morgan fingerprint density at radius 2 is 1.95 bits per heavy atom. The molecule has 0 saturated heterocycles. The second-order valence-electron chi connectivity index (χ2n) is 4.45. The number of aliphatic hydroxyl groups excluding tert-OH is 1. The maximum absolute atomic E-state index is 10.1. The highest BCUT2D eigenvalue weighted by Gasteiger charge is 2.11. The van der Waals surface area contributed by atoms with Gasteiger partial charge in [-0.25, -0.2) is 0 Å². The number of aliphatic hydroxyl groups is 1. The number of hydrogen-bond donors (Lipinski definition) is 1. The van der Waals surface area contributed by atoms with Crippen molar-refractivity contribution in [1.82, 2.24) is 0 Å². The molecule has 0 aliphatic heterocycles. The van der Waals surface area contributed by atoms with Crippen LogP contribution in [0, 0.1) is 18.3 Å². The molecule has 2 aromatic carbocycles. The summed E-state index contributed by atoms with van der Waals surface area (Å²) < 4.78 is 5.59. The van der Waals surface area contributed by atoms with Gasteiger partial charge in [-0.1, -0.05) is 35.9 Å². The number of aryl methyl sites for hydroxylation is 1. The zero-order valence-corrected chi connectivity index (χ0v) is 11.8. The highest BCUT2D eigenvalue weighted by atomic mass is 35.5. The molecule has 1 N–H and O–H groups in total. The summed E-state index contributed by atoms with van der Waals surface area (Å²) in [6.45, 7) is 2.01. The highest BCUT2D eigenvalue weighted by Crippen LogP contribution is 2.28. The van der Waals surface area contributed by atoms with Crippen LogP contribution in [0.1, 0.15) is 22.8 Å². The first-order valence-electron chi connectivity index (χ1n) is 6.18. The van der Waals surface area contributed by atoms with E-state index < -0.39 is 6.10 Å². The van der Waals surface area contributed by atoms with Crippen LogP contribution in [0.2, 0.25) is 5.02 Å². The van der Waals surface area contributed by atoms with Crippen LogP contribution < -0.4 is 4.74 Å². The Bertz CT molecular complexity index is 612. The molecule has 0 amide bonds. The topological polar surface area (TPSA) is 53.2 Å². The van der Waals surface area contributed by atoms with Gasteiger partial charge in [0.2, 0.25) is 0 Å². The second kappa shape index (κ2) is 6.42. The number of ether oxygens (including phenoxy) is 1. The molecule has 1 atom stereocenters. The number of nitrogens with zero attached hydrogens (tertiary/aromatic N) is 1. The van der Waals surface area contributed by atoms with Crippen molar-refractivity contribution in [3.8, 4) is 11.8 Å². The molecule has 0 saturated carbocycles. The Kier molecular flexibility index (Phi) is 4.62. The van der Waals surface area contributed by atoms with Gasteiger partial charge in [-0.2, -0.15) is 5.26 Å². The molecule has 2 rings (SSSR count). The molecule has 3 nitrogen and oxygen atoms in total. The Morgan fingerprint density at radius 3 is 2.55 bits per heavy atom.